The summed E-state index contributed by atoms with van der Waals surface area (Å²) in [7, 11) is 0. The molecule has 0 nitrogen and oxygen atoms in total. The maximum absolute atomic E-state index is 13.2. The molecule has 0 N–H and O–H groups in total. The molecule has 0 bridgehead atoms. The van der Waals surface area contributed by atoms with Gasteiger partial charge in [-0.2, -0.15) is 0 Å². The van der Waals surface area contributed by atoms with Gasteiger partial charge in [-0.05, 0) is 72.6 Å². The van der Waals surface area contributed by atoms with E-state index in [0.717, 1.165) is 11.1 Å². The summed E-state index contributed by atoms with van der Waals surface area (Å²) in [5.74, 6) is -0.170. The zero-order valence-corrected chi connectivity index (χ0v) is 13.2. The molecule has 0 aliphatic heterocycles. The van der Waals surface area contributed by atoms with Gasteiger partial charge < -0.3 is 0 Å². The molecule has 0 aromatic heterocycles. The minimum atomic E-state index is -0.170. The van der Waals surface area contributed by atoms with Gasteiger partial charge in [0, 0.05) is 0 Å². The first-order valence-corrected chi connectivity index (χ1v) is 8.08. The van der Waals surface area contributed by atoms with Crippen LogP contribution in [-0.2, 0) is 12.8 Å². The molecule has 0 amide bonds. The Bertz CT molecular complexity index is 633. The van der Waals surface area contributed by atoms with E-state index in [1.165, 1.54) is 48.4 Å². The quantitative estimate of drug-likeness (QED) is 0.637. The maximum Gasteiger partial charge on any atom is 0.123 e. The summed E-state index contributed by atoms with van der Waals surface area (Å²) in [6.07, 6.45) is 4.99. The summed E-state index contributed by atoms with van der Waals surface area (Å²) >= 11 is 3.77. The zero-order chi connectivity index (χ0) is 14.1. The Labute approximate surface area is 128 Å². The number of hydrogen-bond acceptors (Lipinski definition) is 0. The highest BCUT2D eigenvalue weighted by Crippen LogP contribution is 2.35. The van der Waals surface area contributed by atoms with E-state index in [0.29, 0.717) is 0 Å². The van der Waals surface area contributed by atoms with Crippen LogP contribution in [0.15, 0.2) is 36.4 Å². The predicted molar refractivity (Wildman–Crippen MR) is 85.0 cm³/mol. The lowest BCUT2D eigenvalue weighted by Crippen LogP contribution is -2.04. The number of fused-ring (bicyclic) bond motifs is 1. The molecule has 1 unspecified atom stereocenters. The average molecular weight is 333 g/mol. The fourth-order valence-electron chi connectivity index (χ4n) is 3.01. The Hall–Kier alpha value is -1.15. The van der Waals surface area contributed by atoms with Crippen molar-refractivity contribution >= 4 is 15.9 Å². The van der Waals surface area contributed by atoms with Crippen LogP contribution >= 0.6 is 15.9 Å². The van der Waals surface area contributed by atoms with Gasteiger partial charge in [0.05, 0.1) is 4.83 Å². The Kier molecular flexibility index (Phi) is 3.93. The van der Waals surface area contributed by atoms with Gasteiger partial charge in [0.25, 0.3) is 0 Å². The summed E-state index contributed by atoms with van der Waals surface area (Å²) in [6.45, 7) is 1.96. The topological polar surface area (TPSA) is 0 Å². The first kappa shape index (κ1) is 13.8. The highest BCUT2D eigenvalue weighted by molar-refractivity contribution is 9.09. The second-order valence-corrected chi connectivity index (χ2v) is 6.51. The first-order chi connectivity index (χ1) is 9.65. The van der Waals surface area contributed by atoms with Crippen LogP contribution in [0.1, 0.15) is 45.5 Å². The molecule has 0 fully saturated rings. The second kappa shape index (κ2) is 5.69. The van der Waals surface area contributed by atoms with Gasteiger partial charge in [0.15, 0.2) is 0 Å². The number of halogens is 2. The fourth-order valence-corrected chi connectivity index (χ4v) is 3.81. The number of hydrogen-bond donors (Lipinski definition) is 0. The molecule has 20 heavy (non-hydrogen) atoms. The van der Waals surface area contributed by atoms with E-state index < -0.39 is 0 Å². The smallest absolute Gasteiger partial charge is 0.123 e. The van der Waals surface area contributed by atoms with Crippen LogP contribution in [0.3, 0.4) is 0 Å². The highest BCUT2D eigenvalue weighted by atomic mass is 79.9. The molecule has 1 aliphatic carbocycles. The number of alkyl halides is 1. The van der Waals surface area contributed by atoms with E-state index >= 15 is 0 Å². The van der Waals surface area contributed by atoms with Crippen molar-refractivity contribution in [3.8, 4) is 0 Å². The monoisotopic (exact) mass is 332 g/mol. The van der Waals surface area contributed by atoms with Gasteiger partial charge in [-0.15, -0.1) is 0 Å². The Morgan fingerprint density at radius 2 is 1.75 bits per heavy atom. The number of benzene rings is 2. The SMILES string of the molecule is Cc1cc(F)ccc1C(Br)c1ccc2c(c1)CCCC2. The van der Waals surface area contributed by atoms with Gasteiger partial charge >= 0.3 is 0 Å². The van der Waals surface area contributed by atoms with Crippen molar-refractivity contribution in [3.05, 3.63) is 70.0 Å². The van der Waals surface area contributed by atoms with E-state index in [2.05, 4.69) is 34.1 Å². The van der Waals surface area contributed by atoms with Crippen LogP contribution in [0.5, 0.6) is 0 Å². The van der Waals surface area contributed by atoms with E-state index in [1.54, 1.807) is 6.07 Å². The Balaban J connectivity index is 1.95. The van der Waals surface area contributed by atoms with E-state index in [9.17, 15) is 4.39 Å². The Morgan fingerprint density at radius 1 is 1.00 bits per heavy atom. The minimum Gasteiger partial charge on any atom is -0.207 e. The summed E-state index contributed by atoms with van der Waals surface area (Å²) in [5, 5.41) is 0. The van der Waals surface area contributed by atoms with Gasteiger partial charge in [0.2, 0.25) is 0 Å². The number of rotatable bonds is 2. The van der Waals surface area contributed by atoms with Crippen LogP contribution in [-0.4, -0.2) is 0 Å². The largest absolute Gasteiger partial charge is 0.207 e. The van der Waals surface area contributed by atoms with Crippen LogP contribution in [0.25, 0.3) is 0 Å². The third-order valence-electron chi connectivity index (χ3n) is 4.17. The second-order valence-electron chi connectivity index (χ2n) is 5.60. The van der Waals surface area contributed by atoms with Gasteiger partial charge in [-0.1, -0.05) is 40.2 Å². The van der Waals surface area contributed by atoms with Crippen molar-refractivity contribution in [2.24, 2.45) is 0 Å². The normalized spacial score (nSPS) is 15.8. The highest BCUT2D eigenvalue weighted by Gasteiger charge is 2.16. The molecule has 0 radical (unpaired) electrons. The van der Waals surface area contributed by atoms with Crippen molar-refractivity contribution < 1.29 is 4.39 Å². The summed E-state index contributed by atoms with van der Waals surface area (Å²) in [6, 6.07) is 11.8. The standard InChI is InChI=1S/C18H18BrF/c1-12-10-16(20)8-9-17(12)18(19)15-7-6-13-4-2-3-5-14(13)11-15/h6-11,18H,2-5H2,1H3. The lowest BCUT2D eigenvalue weighted by atomic mass is 9.89. The molecule has 0 saturated carbocycles. The zero-order valence-electron chi connectivity index (χ0n) is 11.6. The fraction of sp³-hybridized carbons (Fsp3) is 0.333. The summed E-state index contributed by atoms with van der Waals surface area (Å²) in [5.41, 5.74) is 6.38. The third-order valence-corrected chi connectivity index (χ3v) is 5.19. The lowest BCUT2D eigenvalue weighted by molar-refractivity contribution is 0.626. The van der Waals surface area contributed by atoms with Gasteiger partial charge in [-0.25, -0.2) is 4.39 Å². The number of aryl methyl sites for hydroxylation is 3. The molecule has 3 rings (SSSR count). The minimum absolute atomic E-state index is 0.135. The molecule has 2 aromatic rings. The lowest BCUT2D eigenvalue weighted by Gasteiger charge is -2.19. The molecular formula is C18H18BrF. The van der Waals surface area contributed by atoms with Crippen LogP contribution in [0, 0.1) is 12.7 Å². The Morgan fingerprint density at radius 3 is 2.50 bits per heavy atom. The third kappa shape index (κ3) is 2.67. The van der Waals surface area contributed by atoms with Gasteiger partial charge in [-0.3, -0.25) is 0 Å². The molecule has 2 aromatic carbocycles. The van der Waals surface area contributed by atoms with E-state index in [4.69, 9.17) is 0 Å². The van der Waals surface area contributed by atoms with Crippen molar-refractivity contribution in [2.75, 3.05) is 0 Å². The summed E-state index contributed by atoms with van der Waals surface area (Å²) in [4.78, 5) is 0.135. The van der Waals surface area contributed by atoms with Crippen molar-refractivity contribution in [3.63, 3.8) is 0 Å². The van der Waals surface area contributed by atoms with Crippen molar-refractivity contribution in [1.29, 1.82) is 0 Å². The van der Waals surface area contributed by atoms with Crippen LogP contribution < -0.4 is 0 Å². The molecule has 0 heterocycles. The van der Waals surface area contributed by atoms with Crippen LogP contribution in [0.4, 0.5) is 4.39 Å². The summed E-state index contributed by atoms with van der Waals surface area (Å²) < 4.78 is 13.2. The maximum atomic E-state index is 13.2. The molecule has 104 valence electrons. The van der Waals surface area contributed by atoms with E-state index in [1.807, 2.05) is 13.0 Å². The molecule has 2 heteroatoms. The van der Waals surface area contributed by atoms with Crippen molar-refractivity contribution in [2.45, 2.75) is 37.4 Å². The molecular weight excluding hydrogens is 315 g/mol. The van der Waals surface area contributed by atoms with E-state index in [-0.39, 0.29) is 10.6 Å². The van der Waals surface area contributed by atoms with Gasteiger partial charge in [0.1, 0.15) is 5.82 Å². The molecule has 1 atom stereocenters. The molecule has 0 spiro atoms. The first-order valence-electron chi connectivity index (χ1n) is 7.17. The molecule has 1 aliphatic rings. The average Bonchev–Trinajstić information content (AvgIpc) is 2.46. The molecule has 0 saturated heterocycles. The predicted octanol–water partition coefficient (Wildman–Crippen LogP) is 5.50. The van der Waals surface area contributed by atoms with Crippen LogP contribution in [0.2, 0.25) is 0 Å². The van der Waals surface area contributed by atoms with Crippen molar-refractivity contribution in [1.82, 2.24) is 0 Å².